The minimum atomic E-state index is 0.570. The molecule has 72 valence electrons. The highest BCUT2D eigenvalue weighted by molar-refractivity contribution is 7.71. The van der Waals surface area contributed by atoms with Crippen LogP contribution < -0.4 is 5.43 Å². The summed E-state index contributed by atoms with van der Waals surface area (Å²) in [5.74, 6) is 0. The molecule has 2 aromatic rings. The van der Waals surface area contributed by atoms with Crippen LogP contribution in [0.3, 0.4) is 0 Å². The van der Waals surface area contributed by atoms with Gasteiger partial charge in [0.2, 0.25) is 4.77 Å². The summed E-state index contributed by atoms with van der Waals surface area (Å²) in [6, 6.07) is 10.1. The predicted octanol–water partition coefficient (Wildman–Crippen LogP) is 1.68. The van der Waals surface area contributed by atoms with Crippen LogP contribution in [0, 0.1) is 4.77 Å². The molecule has 0 saturated carbocycles. The monoisotopic (exact) mass is 206 g/mol. The summed E-state index contributed by atoms with van der Waals surface area (Å²) in [7, 11) is 0. The highest BCUT2D eigenvalue weighted by atomic mass is 32.1. The lowest BCUT2D eigenvalue weighted by molar-refractivity contribution is 0.825. The lowest BCUT2D eigenvalue weighted by atomic mass is 10.2. The zero-order valence-electron chi connectivity index (χ0n) is 7.47. The topological polar surface area (TPSA) is 45.6 Å². The van der Waals surface area contributed by atoms with E-state index in [2.05, 4.69) is 27.8 Å². The van der Waals surface area contributed by atoms with E-state index >= 15 is 0 Å². The molecule has 0 radical (unpaired) electrons. The molecule has 1 aromatic carbocycles. The highest BCUT2D eigenvalue weighted by Crippen LogP contribution is 1.98. The van der Waals surface area contributed by atoms with Gasteiger partial charge in [-0.2, -0.15) is 5.10 Å². The summed E-state index contributed by atoms with van der Waals surface area (Å²) < 4.78 is 2.25. The Hall–Kier alpha value is -1.62. The third-order valence-corrected chi connectivity index (χ3v) is 2.14. The number of nitrogens with one attached hydrogen (secondary N) is 2. The fourth-order valence-corrected chi connectivity index (χ4v) is 1.30. The maximum Gasteiger partial charge on any atom is 0.214 e. The molecule has 0 saturated heterocycles. The van der Waals surface area contributed by atoms with E-state index in [4.69, 9.17) is 12.2 Å². The van der Waals surface area contributed by atoms with Crippen molar-refractivity contribution in [1.29, 1.82) is 0 Å². The van der Waals surface area contributed by atoms with E-state index in [-0.39, 0.29) is 0 Å². The number of H-pyrrole nitrogens is 1. The van der Waals surface area contributed by atoms with Crippen LogP contribution in [0.5, 0.6) is 0 Å². The fraction of sp³-hybridized carbons (Fsp3) is 0.111. The van der Waals surface area contributed by atoms with Gasteiger partial charge in [-0.15, -0.1) is 0 Å². The van der Waals surface area contributed by atoms with Crippen molar-refractivity contribution in [3.63, 3.8) is 0 Å². The summed E-state index contributed by atoms with van der Waals surface area (Å²) in [5, 5.41) is 6.48. The third kappa shape index (κ3) is 2.00. The molecule has 0 atom stereocenters. The van der Waals surface area contributed by atoms with Crippen molar-refractivity contribution in [2.24, 2.45) is 0 Å². The molecule has 4 nitrogen and oxygen atoms in total. The van der Waals surface area contributed by atoms with Gasteiger partial charge in [0.15, 0.2) is 0 Å². The van der Waals surface area contributed by atoms with E-state index < -0.39 is 0 Å². The van der Waals surface area contributed by atoms with Crippen molar-refractivity contribution >= 4 is 12.2 Å². The first-order valence-corrected chi connectivity index (χ1v) is 4.67. The summed E-state index contributed by atoms with van der Waals surface area (Å²) in [5.41, 5.74) is 4.33. The van der Waals surface area contributed by atoms with Crippen LogP contribution >= 0.6 is 12.2 Å². The first-order valence-electron chi connectivity index (χ1n) is 4.26. The van der Waals surface area contributed by atoms with E-state index in [1.165, 1.54) is 5.56 Å². The number of rotatable bonds is 3. The highest BCUT2D eigenvalue weighted by Gasteiger charge is 1.92. The molecule has 1 heterocycles. The number of hydrogen-bond donors (Lipinski definition) is 2. The maximum absolute atomic E-state index is 4.98. The third-order valence-electron chi connectivity index (χ3n) is 1.85. The van der Waals surface area contributed by atoms with E-state index in [1.807, 2.05) is 18.2 Å². The maximum atomic E-state index is 4.98. The molecule has 0 spiro atoms. The Labute approximate surface area is 86.6 Å². The number of aromatic nitrogens is 3. The minimum Gasteiger partial charge on any atom is -0.318 e. The fourth-order valence-electron chi connectivity index (χ4n) is 1.13. The molecule has 0 aliphatic heterocycles. The van der Waals surface area contributed by atoms with Crippen LogP contribution in [0.2, 0.25) is 0 Å². The van der Waals surface area contributed by atoms with Crippen LogP contribution in [0.4, 0.5) is 0 Å². The lowest BCUT2D eigenvalue weighted by Crippen LogP contribution is -2.13. The van der Waals surface area contributed by atoms with Crippen molar-refractivity contribution in [2.45, 2.75) is 6.54 Å². The summed E-state index contributed by atoms with van der Waals surface area (Å²) in [6.45, 7) is 0.731. The first-order chi connectivity index (χ1) is 6.86. The van der Waals surface area contributed by atoms with Crippen LogP contribution in [0.15, 0.2) is 36.7 Å². The van der Waals surface area contributed by atoms with Crippen molar-refractivity contribution in [2.75, 3.05) is 5.43 Å². The van der Waals surface area contributed by atoms with Gasteiger partial charge in [-0.05, 0) is 17.8 Å². The van der Waals surface area contributed by atoms with Crippen molar-refractivity contribution in [3.05, 3.63) is 47.0 Å². The number of benzene rings is 1. The van der Waals surface area contributed by atoms with Crippen LogP contribution in [-0.4, -0.2) is 14.9 Å². The van der Waals surface area contributed by atoms with E-state index in [1.54, 1.807) is 11.0 Å². The zero-order chi connectivity index (χ0) is 9.80. The number of aromatic amines is 1. The Kier molecular flexibility index (Phi) is 2.60. The van der Waals surface area contributed by atoms with Crippen LogP contribution in [0.25, 0.3) is 0 Å². The smallest absolute Gasteiger partial charge is 0.214 e. The quantitative estimate of drug-likeness (QED) is 0.751. The average molecular weight is 206 g/mol. The zero-order valence-corrected chi connectivity index (χ0v) is 8.29. The molecule has 0 fully saturated rings. The number of hydrogen-bond acceptors (Lipinski definition) is 3. The standard InChI is InChI=1S/C9H10N4S/c14-9-12-10-7-13(9)11-6-8-4-2-1-3-5-8/h1-5,7,11H,6H2,(H,12,14). The lowest BCUT2D eigenvalue weighted by Gasteiger charge is -2.05. The van der Waals surface area contributed by atoms with E-state index in [9.17, 15) is 0 Å². The second-order valence-corrected chi connectivity index (χ2v) is 3.24. The SMILES string of the molecule is S=c1[nH]ncn1NCc1ccccc1. The van der Waals surface area contributed by atoms with Gasteiger partial charge in [0.1, 0.15) is 6.33 Å². The van der Waals surface area contributed by atoms with Gasteiger partial charge in [-0.1, -0.05) is 30.3 Å². The molecule has 14 heavy (non-hydrogen) atoms. The Morgan fingerprint density at radius 1 is 1.36 bits per heavy atom. The molecular formula is C9H10N4S. The van der Waals surface area contributed by atoms with Crippen molar-refractivity contribution < 1.29 is 0 Å². The molecule has 1 aromatic heterocycles. The Morgan fingerprint density at radius 3 is 2.79 bits per heavy atom. The normalized spacial score (nSPS) is 10.0. The molecule has 0 aliphatic carbocycles. The van der Waals surface area contributed by atoms with Gasteiger partial charge in [0.05, 0.1) is 6.54 Å². The molecule has 0 unspecified atom stereocenters. The van der Waals surface area contributed by atoms with Crippen LogP contribution in [0.1, 0.15) is 5.56 Å². The van der Waals surface area contributed by atoms with Crippen molar-refractivity contribution in [3.8, 4) is 0 Å². The van der Waals surface area contributed by atoms with Gasteiger partial charge in [-0.25, -0.2) is 4.68 Å². The largest absolute Gasteiger partial charge is 0.318 e. The van der Waals surface area contributed by atoms with E-state index in [0.717, 1.165) is 6.54 Å². The average Bonchev–Trinajstić information content (AvgIpc) is 2.63. The molecular weight excluding hydrogens is 196 g/mol. The number of nitrogens with zero attached hydrogens (tertiary/aromatic N) is 2. The van der Waals surface area contributed by atoms with Gasteiger partial charge in [0, 0.05) is 0 Å². The molecule has 0 bridgehead atoms. The van der Waals surface area contributed by atoms with Gasteiger partial charge in [-0.3, -0.25) is 5.10 Å². The predicted molar refractivity (Wildman–Crippen MR) is 56.9 cm³/mol. The molecule has 2 N–H and O–H groups in total. The molecule has 5 heteroatoms. The van der Waals surface area contributed by atoms with Gasteiger partial charge in [0.25, 0.3) is 0 Å². The molecule has 0 amide bonds. The molecule has 2 rings (SSSR count). The van der Waals surface area contributed by atoms with Gasteiger partial charge >= 0.3 is 0 Å². The van der Waals surface area contributed by atoms with Crippen molar-refractivity contribution in [1.82, 2.24) is 14.9 Å². The Bertz CT molecular complexity index is 445. The van der Waals surface area contributed by atoms with Gasteiger partial charge < -0.3 is 5.43 Å². The summed E-state index contributed by atoms with van der Waals surface area (Å²) in [6.07, 6.45) is 1.62. The molecule has 0 aliphatic rings. The summed E-state index contributed by atoms with van der Waals surface area (Å²) in [4.78, 5) is 0. The Morgan fingerprint density at radius 2 is 2.14 bits per heavy atom. The van der Waals surface area contributed by atoms with Crippen LogP contribution in [-0.2, 0) is 6.54 Å². The minimum absolute atomic E-state index is 0.570. The second-order valence-electron chi connectivity index (χ2n) is 2.85. The second kappa shape index (κ2) is 4.06. The first kappa shape index (κ1) is 8.96. The van der Waals surface area contributed by atoms with E-state index in [0.29, 0.717) is 4.77 Å². The summed E-state index contributed by atoms with van der Waals surface area (Å²) >= 11 is 4.98. The Balaban J connectivity index is 2.02.